The lowest BCUT2D eigenvalue weighted by Crippen LogP contribution is -2.45. The molecule has 0 aromatic rings. The van der Waals surface area contributed by atoms with Crippen LogP contribution in [0.3, 0.4) is 0 Å². The van der Waals surface area contributed by atoms with E-state index in [1.807, 2.05) is 27.2 Å². The maximum Gasteiger partial charge on any atom is 0.472 e. The fourth-order valence-corrected chi connectivity index (χ4v) is 9.63. The third-order valence-electron chi connectivity index (χ3n) is 13.6. The Morgan fingerprint density at radius 3 is 1.19 bits per heavy atom. The smallest absolute Gasteiger partial charge is 0.387 e. The Hall–Kier alpha value is -1.28. The van der Waals surface area contributed by atoms with Crippen molar-refractivity contribution >= 4 is 13.7 Å². The number of carbonyl (C=O) groups excluding carboxylic acids is 1. The van der Waals surface area contributed by atoms with Crippen LogP contribution in [0.4, 0.5) is 0 Å². The van der Waals surface area contributed by atoms with Gasteiger partial charge in [0.25, 0.3) is 0 Å². The van der Waals surface area contributed by atoms with E-state index in [0.29, 0.717) is 17.4 Å². The van der Waals surface area contributed by atoms with Gasteiger partial charge in [0.05, 0.1) is 39.9 Å². The summed E-state index contributed by atoms with van der Waals surface area (Å²) in [6.07, 6.45) is 66.7. The molecule has 0 bridgehead atoms. The number of likely N-dealkylation sites (N-methyl/N-ethyl adjacent to an activating group) is 1. The first-order chi connectivity index (χ1) is 33.5. The second kappa shape index (κ2) is 51.6. The predicted octanol–water partition coefficient (Wildman–Crippen LogP) is 18.2. The monoisotopic (exact) mass is 994 g/mol. The van der Waals surface area contributed by atoms with Crippen molar-refractivity contribution in [1.29, 1.82) is 0 Å². The molecule has 69 heavy (non-hydrogen) atoms. The van der Waals surface area contributed by atoms with Crippen LogP contribution in [-0.4, -0.2) is 73.4 Å². The molecule has 0 aliphatic rings. The molecule has 408 valence electrons. The normalized spacial score (nSPS) is 14.1. The van der Waals surface area contributed by atoms with Crippen LogP contribution < -0.4 is 5.32 Å². The molecule has 0 saturated carbocycles. The van der Waals surface area contributed by atoms with Gasteiger partial charge in [-0.15, -0.1) is 0 Å². The highest BCUT2D eigenvalue weighted by atomic mass is 31.2. The summed E-state index contributed by atoms with van der Waals surface area (Å²) < 4.78 is 23.7. The number of nitrogens with zero attached hydrogens (tertiary/aromatic N) is 1. The molecule has 9 heteroatoms. The Bertz CT molecular complexity index is 1220. The quantitative estimate of drug-likeness (QED) is 0.0243. The number of hydrogen-bond donors (Lipinski definition) is 3. The molecule has 0 saturated heterocycles. The van der Waals surface area contributed by atoms with Crippen LogP contribution in [0.2, 0.25) is 0 Å². The van der Waals surface area contributed by atoms with E-state index in [4.69, 9.17) is 9.05 Å². The first kappa shape index (κ1) is 67.7. The standard InChI is InChI=1S/C60H117N2O6P/c1-6-8-10-12-14-16-18-20-22-24-26-28-29-30-31-32-33-34-36-38-40-42-44-46-48-50-52-54-60(64)61-58(57-68-69(65,66)67-56-55-62(3,4)5)59(63)53-51-49-47-45-43-41-39-37-35-27-25-23-21-19-17-15-13-11-9-7-2/h18,20,24,26,51,53,58-59,63H,6-17,19,21-23,25,27-50,52,54-57H2,1-5H3,(H-,61,64,65,66)/p+1/b20-18-,26-24-,53-51+. The number of aliphatic hydroxyl groups excluding tert-OH is 1. The van der Waals surface area contributed by atoms with Gasteiger partial charge in [-0.05, 0) is 51.4 Å². The molecule has 0 aliphatic carbocycles. The molecule has 0 rings (SSSR count). The number of allylic oxidation sites excluding steroid dienone is 5. The van der Waals surface area contributed by atoms with E-state index >= 15 is 0 Å². The number of phosphoric acid groups is 1. The highest BCUT2D eigenvalue weighted by molar-refractivity contribution is 7.47. The van der Waals surface area contributed by atoms with Crippen molar-refractivity contribution in [1.82, 2.24) is 5.32 Å². The topological polar surface area (TPSA) is 105 Å². The molecule has 0 fully saturated rings. The number of hydrogen-bond acceptors (Lipinski definition) is 5. The predicted molar refractivity (Wildman–Crippen MR) is 300 cm³/mol. The highest BCUT2D eigenvalue weighted by Crippen LogP contribution is 2.43. The van der Waals surface area contributed by atoms with E-state index in [1.165, 1.54) is 225 Å². The third kappa shape index (κ3) is 54.3. The average molecular weight is 995 g/mol. The summed E-state index contributed by atoms with van der Waals surface area (Å²) in [5.74, 6) is -0.173. The third-order valence-corrected chi connectivity index (χ3v) is 14.6. The average Bonchev–Trinajstić information content (AvgIpc) is 3.31. The Labute approximate surface area is 429 Å². The van der Waals surface area contributed by atoms with Gasteiger partial charge < -0.3 is 19.8 Å². The van der Waals surface area contributed by atoms with Gasteiger partial charge in [0.15, 0.2) is 0 Å². The van der Waals surface area contributed by atoms with Crippen molar-refractivity contribution in [2.45, 2.75) is 302 Å². The number of carbonyl (C=O) groups is 1. The van der Waals surface area contributed by atoms with E-state index in [1.54, 1.807) is 6.08 Å². The molecule has 3 N–H and O–H groups in total. The van der Waals surface area contributed by atoms with Gasteiger partial charge in [0.2, 0.25) is 5.91 Å². The summed E-state index contributed by atoms with van der Waals surface area (Å²) in [4.78, 5) is 23.3. The molecule has 8 nitrogen and oxygen atoms in total. The van der Waals surface area contributed by atoms with Crippen molar-refractivity contribution in [3.05, 3.63) is 36.5 Å². The van der Waals surface area contributed by atoms with Crippen LogP contribution in [-0.2, 0) is 18.4 Å². The molecule has 0 aromatic heterocycles. The number of phosphoric ester groups is 1. The number of nitrogens with one attached hydrogen (secondary N) is 1. The minimum Gasteiger partial charge on any atom is -0.387 e. The molecule has 0 aromatic carbocycles. The van der Waals surface area contributed by atoms with Crippen molar-refractivity contribution < 1.29 is 32.9 Å². The summed E-state index contributed by atoms with van der Waals surface area (Å²) in [5.41, 5.74) is 0. The van der Waals surface area contributed by atoms with Crippen molar-refractivity contribution in [3.8, 4) is 0 Å². The van der Waals surface area contributed by atoms with Gasteiger partial charge >= 0.3 is 7.82 Å². The Morgan fingerprint density at radius 1 is 0.493 bits per heavy atom. The molecule has 0 radical (unpaired) electrons. The lowest BCUT2D eigenvalue weighted by Gasteiger charge is -2.25. The largest absolute Gasteiger partial charge is 0.472 e. The summed E-state index contributed by atoms with van der Waals surface area (Å²) in [7, 11) is 1.58. The Balaban J connectivity index is 4.16. The van der Waals surface area contributed by atoms with Gasteiger partial charge in [-0.1, -0.05) is 269 Å². The molecule has 0 heterocycles. The van der Waals surface area contributed by atoms with Crippen LogP contribution in [0.15, 0.2) is 36.5 Å². The van der Waals surface area contributed by atoms with Gasteiger partial charge in [0, 0.05) is 6.42 Å². The van der Waals surface area contributed by atoms with Crippen LogP contribution >= 0.6 is 7.82 Å². The zero-order valence-electron chi connectivity index (χ0n) is 46.6. The first-order valence-electron chi connectivity index (χ1n) is 29.9. The molecular formula is C60H118N2O6P+. The molecular weight excluding hydrogens is 876 g/mol. The van der Waals surface area contributed by atoms with Gasteiger partial charge in [0.1, 0.15) is 13.2 Å². The van der Waals surface area contributed by atoms with E-state index in [9.17, 15) is 19.4 Å². The number of rotatable bonds is 55. The minimum absolute atomic E-state index is 0.0627. The lowest BCUT2D eigenvalue weighted by molar-refractivity contribution is -0.870. The fourth-order valence-electron chi connectivity index (χ4n) is 8.90. The van der Waals surface area contributed by atoms with Gasteiger partial charge in [-0.25, -0.2) is 4.57 Å². The zero-order chi connectivity index (χ0) is 50.6. The van der Waals surface area contributed by atoms with E-state index in [2.05, 4.69) is 43.5 Å². The first-order valence-corrected chi connectivity index (χ1v) is 31.4. The maximum absolute atomic E-state index is 13.0. The van der Waals surface area contributed by atoms with Gasteiger partial charge in [-0.3, -0.25) is 13.8 Å². The minimum atomic E-state index is -4.35. The number of unbranched alkanes of at least 4 members (excludes halogenated alkanes) is 38. The molecule has 1 amide bonds. The van der Waals surface area contributed by atoms with Crippen molar-refractivity contribution in [2.75, 3.05) is 40.9 Å². The van der Waals surface area contributed by atoms with E-state index < -0.39 is 20.0 Å². The summed E-state index contributed by atoms with van der Waals surface area (Å²) in [5, 5.41) is 14.0. The molecule has 0 aliphatic heterocycles. The zero-order valence-corrected chi connectivity index (χ0v) is 47.5. The van der Waals surface area contributed by atoms with Crippen molar-refractivity contribution in [3.63, 3.8) is 0 Å². The lowest BCUT2D eigenvalue weighted by atomic mass is 10.0. The maximum atomic E-state index is 13.0. The van der Waals surface area contributed by atoms with Crippen LogP contribution in [0.25, 0.3) is 0 Å². The van der Waals surface area contributed by atoms with Crippen LogP contribution in [0.1, 0.15) is 290 Å². The number of quaternary nitrogens is 1. The summed E-state index contributed by atoms with van der Waals surface area (Å²) >= 11 is 0. The molecule has 3 unspecified atom stereocenters. The second-order valence-corrected chi connectivity index (χ2v) is 23.2. The van der Waals surface area contributed by atoms with Crippen LogP contribution in [0, 0.1) is 0 Å². The number of amides is 1. The summed E-state index contributed by atoms with van der Waals surface area (Å²) in [6, 6.07) is -0.846. The second-order valence-electron chi connectivity index (χ2n) is 21.7. The van der Waals surface area contributed by atoms with E-state index in [-0.39, 0.29) is 19.1 Å². The Morgan fingerprint density at radius 2 is 0.826 bits per heavy atom. The molecule has 0 spiro atoms. The Kier molecular flexibility index (Phi) is 50.7. The molecule has 3 atom stereocenters. The van der Waals surface area contributed by atoms with Crippen molar-refractivity contribution in [2.24, 2.45) is 0 Å². The SMILES string of the molecule is CCCCCCC/C=C\C/C=C\CCCCCCCCCCCCCCCCCC(=O)NC(COP(=O)(O)OCC[N+](C)(C)C)C(O)/C=C/CCCCCCCCCCCCCCCCCCCC. The van der Waals surface area contributed by atoms with E-state index in [0.717, 1.165) is 44.9 Å². The van der Waals surface area contributed by atoms with Gasteiger partial charge in [-0.2, -0.15) is 0 Å². The number of aliphatic hydroxyl groups is 1. The highest BCUT2D eigenvalue weighted by Gasteiger charge is 2.27. The van der Waals surface area contributed by atoms with Crippen LogP contribution in [0.5, 0.6) is 0 Å². The fraction of sp³-hybridized carbons (Fsp3) is 0.883. The summed E-state index contributed by atoms with van der Waals surface area (Å²) in [6.45, 7) is 4.84.